The van der Waals surface area contributed by atoms with Crippen molar-refractivity contribution in [3.63, 3.8) is 0 Å². The molecule has 0 radical (unpaired) electrons. The molecular weight excluding hydrogens is 518 g/mol. The maximum Gasteiger partial charge on any atom is 0.456 e. The van der Waals surface area contributed by atoms with E-state index in [0.717, 1.165) is 25.2 Å². The van der Waals surface area contributed by atoms with Crippen LogP contribution in [0.3, 0.4) is 0 Å². The summed E-state index contributed by atoms with van der Waals surface area (Å²) in [4.78, 5) is 13.3. The van der Waals surface area contributed by atoms with Gasteiger partial charge in [0.05, 0.1) is 0 Å². The third-order valence-corrected chi connectivity index (χ3v) is 6.55. The van der Waals surface area contributed by atoms with E-state index >= 15 is 0 Å². The van der Waals surface area contributed by atoms with Crippen molar-refractivity contribution in [3.05, 3.63) is 36.4 Å². The fourth-order valence-corrected chi connectivity index (χ4v) is 4.78. The number of hydrogen-bond acceptors (Lipinski definition) is 7. The average molecular weight is 537 g/mol. The topological polar surface area (TPSA) is 80.5 Å². The van der Waals surface area contributed by atoms with Crippen molar-refractivity contribution < 1.29 is 39.9 Å². The second kappa shape index (κ2) is 8.83. The first-order valence-corrected chi connectivity index (χ1v) is 11.2. The molecule has 1 aliphatic carbocycles. The zero-order valence-corrected chi connectivity index (χ0v) is 18.8. The summed E-state index contributed by atoms with van der Waals surface area (Å²) >= 11 is 0. The molecule has 0 spiro atoms. The minimum atomic E-state index is -5.76. The number of piperidine rings is 1. The van der Waals surface area contributed by atoms with Gasteiger partial charge in [0, 0.05) is 31.4 Å². The molecule has 200 valence electrons. The molecule has 37 heavy (non-hydrogen) atoms. The van der Waals surface area contributed by atoms with Gasteiger partial charge in [-0.2, -0.15) is 40.1 Å². The summed E-state index contributed by atoms with van der Waals surface area (Å²) in [6, 6.07) is 3.36. The molecule has 16 heteroatoms. The van der Waals surface area contributed by atoms with Crippen LogP contribution in [0.2, 0.25) is 0 Å². The molecular formula is C21H19F8N7O. The van der Waals surface area contributed by atoms with Crippen LogP contribution in [-0.4, -0.2) is 62.4 Å². The lowest BCUT2D eigenvalue weighted by atomic mass is 9.92. The molecule has 2 aliphatic rings. The monoisotopic (exact) mass is 537 g/mol. The summed E-state index contributed by atoms with van der Waals surface area (Å²) < 4.78 is 109. The van der Waals surface area contributed by atoms with Gasteiger partial charge < -0.3 is 15.0 Å². The van der Waals surface area contributed by atoms with Crippen LogP contribution in [0.4, 0.5) is 46.9 Å². The van der Waals surface area contributed by atoms with Crippen molar-refractivity contribution >= 4 is 17.4 Å². The maximum atomic E-state index is 13.3. The van der Waals surface area contributed by atoms with Gasteiger partial charge in [0.25, 0.3) is 0 Å². The first-order chi connectivity index (χ1) is 17.3. The quantitative estimate of drug-likeness (QED) is 0.466. The van der Waals surface area contributed by atoms with Gasteiger partial charge in [-0.25, -0.2) is 14.5 Å². The fraction of sp³-hybridized carbons (Fsp3) is 0.524. The summed E-state index contributed by atoms with van der Waals surface area (Å²) in [5.74, 6) is -4.99. The second-order valence-corrected chi connectivity index (χ2v) is 9.00. The molecule has 3 aromatic heterocycles. The van der Waals surface area contributed by atoms with E-state index in [9.17, 15) is 35.1 Å². The molecule has 1 saturated carbocycles. The van der Waals surface area contributed by atoms with Crippen LogP contribution in [-0.2, 0) is 6.18 Å². The third kappa shape index (κ3) is 4.92. The first kappa shape index (κ1) is 25.2. The van der Waals surface area contributed by atoms with Crippen LogP contribution in [0.5, 0.6) is 5.75 Å². The average Bonchev–Trinajstić information content (AvgIpc) is 3.32. The number of hydrogen-bond donors (Lipinski definition) is 1. The maximum absolute atomic E-state index is 13.3. The number of halogens is 8. The Bertz CT molecular complexity index is 1260. The Morgan fingerprint density at radius 1 is 1.00 bits per heavy atom. The Morgan fingerprint density at radius 3 is 2.35 bits per heavy atom. The van der Waals surface area contributed by atoms with Crippen molar-refractivity contribution in [1.82, 2.24) is 24.6 Å². The van der Waals surface area contributed by atoms with Crippen LogP contribution in [0.1, 0.15) is 18.5 Å². The molecule has 2 bridgehead atoms. The summed E-state index contributed by atoms with van der Waals surface area (Å²) in [5, 5.41) is 7.42. The molecule has 1 aliphatic heterocycles. The molecule has 0 aromatic carbocycles. The van der Waals surface area contributed by atoms with E-state index in [1.165, 1.54) is 22.8 Å². The van der Waals surface area contributed by atoms with Gasteiger partial charge in [0.15, 0.2) is 18.0 Å². The normalized spacial score (nSPS) is 22.5. The molecule has 2 unspecified atom stereocenters. The van der Waals surface area contributed by atoms with E-state index in [-0.39, 0.29) is 41.0 Å². The van der Waals surface area contributed by atoms with Gasteiger partial charge in [-0.15, -0.1) is 5.10 Å². The van der Waals surface area contributed by atoms with E-state index in [2.05, 4.69) is 25.4 Å². The van der Waals surface area contributed by atoms with Crippen LogP contribution in [0, 0.1) is 11.8 Å². The molecule has 5 rings (SSSR count). The minimum Gasteiger partial charge on any atom is -0.483 e. The van der Waals surface area contributed by atoms with E-state index in [4.69, 9.17) is 4.74 Å². The van der Waals surface area contributed by atoms with Crippen molar-refractivity contribution in [2.75, 3.05) is 29.9 Å². The molecule has 2 atom stereocenters. The first-order valence-electron chi connectivity index (χ1n) is 11.2. The smallest absolute Gasteiger partial charge is 0.456 e. The van der Waals surface area contributed by atoms with Crippen LogP contribution < -0.4 is 15.0 Å². The Balaban J connectivity index is 1.29. The summed E-state index contributed by atoms with van der Waals surface area (Å²) in [5.41, 5.74) is -1.07. The highest BCUT2D eigenvalue weighted by molar-refractivity contribution is 5.56. The van der Waals surface area contributed by atoms with E-state index in [1.54, 1.807) is 4.90 Å². The van der Waals surface area contributed by atoms with Crippen LogP contribution in [0.15, 0.2) is 30.7 Å². The van der Waals surface area contributed by atoms with Crippen molar-refractivity contribution in [1.29, 1.82) is 0 Å². The van der Waals surface area contributed by atoms with Gasteiger partial charge in [-0.3, -0.25) is 0 Å². The number of nitrogens with zero attached hydrogens (tertiary/aromatic N) is 6. The molecule has 1 saturated heterocycles. The largest absolute Gasteiger partial charge is 0.483 e. The highest BCUT2D eigenvalue weighted by Crippen LogP contribution is 2.40. The predicted molar refractivity (Wildman–Crippen MR) is 112 cm³/mol. The van der Waals surface area contributed by atoms with E-state index < -0.39 is 30.6 Å². The van der Waals surface area contributed by atoms with Gasteiger partial charge in [-0.05, 0) is 36.8 Å². The van der Waals surface area contributed by atoms with Crippen LogP contribution in [0.25, 0.3) is 5.65 Å². The van der Waals surface area contributed by atoms with Gasteiger partial charge in [0.2, 0.25) is 5.95 Å². The lowest BCUT2D eigenvalue weighted by Gasteiger charge is -2.38. The van der Waals surface area contributed by atoms with Gasteiger partial charge in [0.1, 0.15) is 17.8 Å². The molecule has 2 fully saturated rings. The van der Waals surface area contributed by atoms with Crippen molar-refractivity contribution in [2.24, 2.45) is 11.8 Å². The Kier molecular flexibility index (Phi) is 6.02. The third-order valence-electron chi connectivity index (χ3n) is 6.55. The zero-order valence-electron chi connectivity index (χ0n) is 18.8. The lowest BCUT2D eigenvalue weighted by Crippen LogP contribution is -2.48. The number of pyridine rings is 1. The zero-order chi connectivity index (χ0) is 26.6. The molecule has 0 amide bonds. The van der Waals surface area contributed by atoms with Crippen LogP contribution >= 0.6 is 0 Å². The molecule has 3 aromatic rings. The van der Waals surface area contributed by atoms with Crippen molar-refractivity contribution in [3.8, 4) is 5.75 Å². The number of rotatable bonds is 6. The fourth-order valence-electron chi connectivity index (χ4n) is 4.78. The van der Waals surface area contributed by atoms with E-state index in [0.29, 0.717) is 13.1 Å². The SMILES string of the molecule is FC(F)(F)c1cc(N2CC3CCC(C2)C3Nc2nc3c(OCC(F)(F)C(F)(F)F)cccn3n2)ncn1. The Labute approximate surface area is 203 Å². The second-order valence-electron chi connectivity index (χ2n) is 9.00. The minimum absolute atomic E-state index is 0.0239. The highest BCUT2D eigenvalue weighted by Gasteiger charge is 2.58. The van der Waals surface area contributed by atoms with Gasteiger partial charge >= 0.3 is 18.3 Å². The van der Waals surface area contributed by atoms with E-state index in [1.807, 2.05) is 0 Å². The summed E-state index contributed by atoms with van der Waals surface area (Å²) in [6.07, 6.45) is -6.43. The number of alkyl halides is 8. The highest BCUT2D eigenvalue weighted by atomic mass is 19.4. The number of anilines is 2. The predicted octanol–water partition coefficient (Wildman–Crippen LogP) is 4.44. The Hall–Kier alpha value is -3.46. The molecule has 1 N–H and O–H groups in total. The number of ether oxygens (including phenoxy) is 1. The van der Waals surface area contributed by atoms with Crippen molar-refractivity contribution in [2.45, 2.75) is 37.2 Å². The number of fused-ring (bicyclic) bond motifs is 3. The summed E-state index contributed by atoms with van der Waals surface area (Å²) in [7, 11) is 0. The number of nitrogens with one attached hydrogen (secondary N) is 1. The Morgan fingerprint density at radius 2 is 1.70 bits per heavy atom. The summed E-state index contributed by atoms with van der Waals surface area (Å²) in [6.45, 7) is -1.05. The standard InChI is InChI=1S/C21H19F8N7O/c22-19(23,21(27,28)29)9-37-13-2-1-5-36-17(13)33-18(34-36)32-16-11-3-4-12(16)8-35(7-11)15-6-14(20(24,25)26)30-10-31-15/h1-2,5-6,10-12,16H,3-4,7-9H2,(H,32,34). The lowest BCUT2D eigenvalue weighted by molar-refractivity contribution is -0.289. The molecule has 8 nitrogen and oxygen atoms in total. The van der Waals surface area contributed by atoms with Gasteiger partial charge in [-0.1, -0.05) is 0 Å². The number of aromatic nitrogens is 5. The molecule has 4 heterocycles.